The molecule has 0 saturated heterocycles. The Morgan fingerprint density at radius 2 is 1.73 bits per heavy atom. The van der Waals surface area contributed by atoms with Crippen molar-refractivity contribution in [1.29, 1.82) is 0 Å². The van der Waals surface area contributed by atoms with Gasteiger partial charge in [0.25, 0.3) is 0 Å². The van der Waals surface area contributed by atoms with Gasteiger partial charge < -0.3 is 14.6 Å². The van der Waals surface area contributed by atoms with E-state index in [1.165, 1.54) is 18.1 Å². The van der Waals surface area contributed by atoms with Crippen LogP contribution in [0, 0.1) is 39.4 Å². The third-order valence-corrected chi connectivity index (χ3v) is 12.3. The summed E-state index contributed by atoms with van der Waals surface area (Å²) in [4.78, 5) is 36.0. The molecule has 2 fully saturated rings. The molecule has 0 aromatic carbocycles. The van der Waals surface area contributed by atoms with Gasteiger partial charge in [-0.3, -0.25) is 9.59 Å². The topological polar surface area (TPSA) is 89.9 Å². The smallest absolute Gasteiger partial charge is 0.330 e. The molecule has 0 aliphatic heterocycles. The van der Waals surface area contributed by atoms with E-state index >= 15 is 0 Å². The molecule has 0 spiro atoms. The van der Waals surface area contributed by atoms with Crippen molar-refractivity contribution < 1.29 is 29.0 Å². The number of carboxylic acid groups (broad SMARTS) is 1. The molecule has 6 nitrogen and oxygen atoms in total. The molecule has 0 unspecified atom stereocenters. The number of carbonyl (C=O) groups is 3. The Morgan fingerprint density at radius 3 is 2.34 bits per heavy atom. The first-order valence-corrected chi connectivity index (χ1v) is 15.7. The first kappa shape index (κ1) is 31.6. The molecule has 0 aromatic rings. The normalized spacial score (nSPS) is 38.4. The monoisotopic (exact) mass is 568 g/mol. The molecule has 4 aliphatic carbocycles. The molecule has 0 amide bonds. The highest BCUT2D eigenvalue weighted by atomic mass is 16.5. The Hall–Kier alpha value is -2.37. The Morgan fingerprint density at radius 1 is 1.05 bits per heavy atom. The van der Waals surface area contributed by atoms with Crippen LogP contribution in [0.25, 0.3) is 0 Å². The van der Waals surface area contributed by atoms with Crippen LogP contribution in [0.4, 0.5) is 0 Å². The van der Waals surface area contributed by atoms with Crippen LogP contribution in [-0.2, 0) is 23.9 Å². The largest absolute Gasteiger partial charge is 0.478 e. The van der Waals surface area contributed by atoms with Crippen LogP contribution in [0.15, 0.2) is 34.9 Å². The van der Waals surface area contributed by atoms with Gasteiger partial charge in [0.15, 0.2) is 0 Å². The third kappa shape index (κ3) is 5.01. The highest BCUT2D eigenvalue weighted by Crippen LogP contribution is 2.72. The maximum absolute atomic E-state index is 12.8. The number of carboxylic acids is 1. The molecule has 6 heteroatoms. The number of ether oxygens (including phenoxy) is 2. The molecule has 0 radical (unpaired) electrons. The molecular formula is C35H52O6. The van der Waals surface area contributed by atoms with Crippen LogP contribution in [0.1, 0.15) is 114 Å². The average Bonchev–Trinajstić information content (AvgIpc) is 3.12. The summed E-state index contributed by atoms with van der Waals surface area (Å²) < 4.78 is 12.2. The van der Waals surface area contributed by atoms with Crippen molar-refractivity contribution in [3.63, 3.8) is 0 Å². The van der Waals surface area contributed by atoms with Gasteiger partial charge in [-0.05, 0) is 91.6 Å². The third-order valence-electron chi connectivity index (χ3n) is 12.3. The van der Waals surface area contributed by atoms with Crippen molar-refractivity contribution in [3.8, 4) is 0 Å². The van der Waals surface area contributed by atoms with Gasteiger partial charge in [-0.2, -0.15) is 0 Å². The molecule has 4 rings (SSSR count). The van der Waals surface area contributed by atoms with Gasteiger partial charge in [0, 0.05) is 29.7 Å². The first-order chi connectivity index (χ1) is 19.0. The van der Waals surface area contributed by atoms with E-state index in [0.717, 1.165) is 44.9 Å². The summed E-state index contributed by atoms with van der Waals surface area (Å²) in [7, 11) is 0. The van der Waals surface area contributed by atoms with Gasteiger partial charge in [0.05, 0.1) is 0 Å². The first-order valence-electron chi connectivity index (χ1n) is 15.7. The summed E-state index contributed by atoms with van der Waals surface area (Å²) in [5.41, 5.74) is 2.53. The van der Waals surface area contributed by atoms with Gasteiger partial charge in [-0.25, -0.2) is 4.79 Å². The van der Waals surface area contributed by atoms with E-state index in [9.17, 15) is 19.5 Å². The van der Waals surface area contributed by atoms with Crippen LogP contribution >= 0.6 is 0 Å². The lowest BCUT2D eigenvalue weighted by atomic mass is 9.44. The maximum Gasteiger partial charge on any atom is 0.330 e. The Bertz CT molecular complexity index is 1180. The lowest BCUT2D eigenvalue weighted by Crippen LogP contribution is -2.56. The molecule has 41 heavy (non-hydrogen) atoms. The van der Waals surface area contributed by atoms with Crippen LogP contribution < -0.4 is 0 Å². The van der Waals surface area contributed by atoms with Crippen LogP contribution in [0.3, 0.4) is 0 Å². The van der Waals surface area contributed by atoms with E-state index < -0.39 is 5.97 Å². The van der Waals surface area contributed by atoms with E-state index in [4.69, 9.17) is 9.47 Å². The predicted molar refractivity (Wildman–Crippen MR) is 160 cm³/mol. The molecule has 0 bridgehead atoms. The van der Waals surface area contributed by atoms with Crippen molar-refractivity contribution in [2.75, 3.05) is 0 Å². The Labute approximate surface area is 247 Å². The number of esters is 2. The fourth-order valence-corrected chi connectivity index (χ4v) is 9.57. The Kier molecular flexibility index (Phi) is 8.50. The van der Waals surface area contributed by atoms with Crippen molar-refractivity contribution in [1.82, 2.24) is 0 Å². The van der Waals surface area contributed by atoms with Gasteiger partial charge in [-0.15, -0.1) is 0 Å². The van der Waals surface area contributed by atoms with Crippen LogP contribution in [-0.4, -0.2) is 35.2 Å². The molecule has 228 valence electrons. The van der Waals surface area contributed by atoms with E-state index in [-0.39, 0.29) is 45.8 Å². The lowest BCUT2D eigenvalue weighted by Gasteiger charge is -2.61. The molecule has 1 N–H and O–H groups in total. The predicted octanol–water partition coefficient (Wildman–Crippen LogP) is 7.82. The number of rotatable bonds is 8. The summed E-state index contributed by atoms with van der Waals surface area (Å²) >= 11 is 0. The number of hydrogen-bond acceptors (Lipinski definition) is 5. The summed E-state index contributed by atoms with van der Waals surface area (Å²) in [6, 6.07) is 0. The molecule has 0 aromatic heterocycles. The summed E-state index contributed by atoms with van der Waals surface area (Å²) in [6.45, 7) is 19.0. The van der Waals surface area contributed by atoms with Gasteiger partial charge in [0.2, 0.25) is 0 Å². The maximum atomic E-state index is 12.8. The highest BCUT2D eigenvalue weighted by molar-refractivity contribution is 5.85. The van der Waals surface area contributed by atoms with Crippen molar-refractivity contribution in [2.45, 2.75) is 126 Å². The van der Waals surface area contributed by atoms with E-state index in [1.807, 2.05) is 13.0 Å². The highest BCUT2D eigenvalue weighted by Gasteiger charge is 2.67. The van der Waals surface area contributed by atoms with Gasteiger partial charge in [0.1, 0.15) is 12.2 Å². The van der Waals surface area contributed by atoms with Gasteiger partial charge >= 0.3 is 17.9 Å². The minimum atomic E-state index is -0.865. The van der Waals surface area contributed by atoms with E-state index in [2.05, 4.69) is 53.7 Å². The standard InChI is InChI=1S/C35H52O6/c1-10-30(37)41-29-20-26(21(2)12-11-13-22(3)31(38)39)34(8)19-16-24-25(35(29,34)9)14-15-27-32(5,6)28(40-23(4)36)17-18-33(24,27)7/h13-14,16,21,26-29H,10-12,15,17-20H2,1-9H3,(H,38,39)/b22-13+/t21-,26-,27+,28+,29+,33-,34-,35-/m1/s1. The average molecular weight is 569 g/mol. The zero-order valence-electron chi connectivity index (χ0n) is 26.8. The summed E-state index contributed by atoms with van der Waals surface area (Å²) in [5.74, 6) is -0.196. The van der Waals surface area contributed by atoms with Crippen molar-refractivity contribution in [2.24, 2.45) is 39.4 Å². The molecule has 2 saturated carbocycles. The van der Waals surface area contributed by atoms with Crippen molar-refractivity contribution >= 4 is 17.9 Å². The molecular weight excluding hydrogens is 516 g/mol. The lowest BCUT2D eigenvalue weighted by molar-refractivity contribution is -0.166. The second-order valence-electron chi connectivity index (χ2n) is 14.6. The zero-order chi connectivity index (χ0) is 30.5. The number of aliphatic carboxylic acids is 1. The van der Waals surface area contributed by atoms with E-state index in [1.54, 1.807) is 6.92 Å². The second-order valence-corrected chi connectivity index (χ2v) is 14.6. The summed E-state index contributed by atoms with van der Waals surface area (Å²) in [5, 5.41) is 9.28. The number of fused-ring (bicyclic) bond motifs is 5. The Balaban J connectivity index is 1.72. The van der Waals surface area contributed by atoms with Crippen LogP contribution in [0.2, 0.25) is 0 Å². The molecule has 4 aliphatic rings. The number of carbonyl (C=O) groups excluding carboxylic acids is 2. The van der Waals surface area contributed by atoms with Crippen LogP contribution in [0.5, 0.6) is 0 Å². The quantitative estimate of drug-likeness (QED) is 0.237. The second kappa shape index (κ2) is 11.0. The number of allylic oxidation sites excluding steroid dienone is 4. The van der Waals surface area contributed by atoms with Crippen molar-refractivity contribution in [3.05, 3.63) is 34.9 Å². The minimum absolute atomic E-state index is 0.0449. The zero-order valence-corrected chi connectivity index (χ0v) is 26.8. The summed E-state index contributed by atoms with van der Waals surface area (Å²) in [6.07, 6.45) is 12.9. The number of hydrogen-bond donors (Lipinski definition) is 1. The molecule has 0 heterocycles. The van der Waals surface area contributed by atoms with E-state index in [0.29, 0.717) is 29.7 Å². The minimum Gasteiger partial charge on any atom is -0.478 e. The molecule has 8 atom stereocenters. The SMILES string of the molecule is CCC(=O)O[C@H]1C[C@H]([C@H](C)CC/C=C(\C)C(=O)O)[C@@]2(C)CC=C3C(=CC[C@H]4C(C)(C)[C@@H](OC(C)=O)CC[C@]34C)[C@]12C. The van der Waals surface area contributed by atoms with Gasteiger partial charge in [-0.1, -0.05) is 66.7 Å². The fraction of sp³-hybridized carbons (Fsp3) is 0.743. The fourth-order valence-electron chi connectivity index (χ4n) is 9.57.